The van der Waals surface area contributed by atoms with E-state index in [2.05, 4.69) is 0 Å². The Morgan fingerprint density at radius 1 is 0.828 bits per heavy atom. The lowest BCUT2D eigenvalue weighted by atomic mass is 10.1. The maximum Gasteiger partial charge on any atom is 0.224 e. The molecule has 29 heavy (non-hydrogen) atoms. The molecule has 7 heteroatoms. The first kappa shape index (κ1) is 21.4. The molecule has 7 nitrogen and oxygen atoms in total. The maximum atomic E-state index is 12.4. The molecule has 0 aromatic heterocycles. The average Bonchev–Trinajstić information content (AvgIpc) is 2.73. The first-order chi connectivity index (χ1) is 13.9. The van der Waals surface area contributed by atoms with E-state index in [0.717, 1.165) is 0 Å². The van der Waals surface area contributed by atoms with Crippen molar-refractivity contribution in [2.75, 3.05) is 21.3 Å². The molecule has 0 spiro atoms. The van der Waals surface area contributed by atoms with Crippen LogP contribution in [0.3, 0.4) is 0 Å². The predicted octanol–water partition coefficient (Wildman–Crippen LogP) is 3.83. The molecular weight excluding hydrogens is 376 g/mol. The fourth-order valence-electron chi connectivity index (χ4n) is 2.43. The van der Waals surface area contributed by atoms with Crippen molar-refractivity contribution in [2.45, 2.75) is 0 Å². The van der Waals surface area contributed by atoms with Crippen molar-refractivity contribution in [3.63, 3.8) is 0 Å². The van der Waals surface area contributed by atoms with Crippen molar-refractivity contribution < 1.29 is 34.3 Å². The van der Waals surface area contributed by atoms with Crippen LogP contribution >= 0.6 is 0 Å². The molecule has 0 aliphatic heterocycles. The number of hydrogen-bond donors (Lipinski definition) is 3. The number of aliphatic hydroxyl groups is 1. The van der Waals surface area contributed by atoms with Crippen LogP contribution in [0.2, 0.25) is 0 Å². The van der Waals surface area contributed by atoms with Gasteiger partial charge in [0.2, 0.25) is 11.5 Å². The summed E-state index contributed by atoms with van der Waals surface area (Å²) in [5, 5.41) is 29.4. The van der Waals surface area contributed by atoms with Gasteiger partial charge in [-0.05, 0) is 47.5 Å². The quantitative estimate of drug-likeness (QED) is 0.353. The highest BCUT2D eigenvalue weighted by Crippen LogP contribution is 2.28. The molecule has 0 saturated carbocycles. The van der Waals surface area contributed by atoms with Crippen molar-refractivity contribution >= 4 is 17.9 Å². The number of ether oxygens (including phenoxy) is 3. The van der Waals surface area contributed by atoms with Crippen molar-refractivity contribution in [1.82, 2.24) is 0 Å². The van der Waals surface area contributed by atoms with Crippen LogP contribution < -0.4 is 9.47 Å². The second-order valence-electron chi connectivity index (χ2n) is 5.81. The van der Waals surface area contributed by atoms with E-state index in [1.165, 1.54) is 57.8 Å². The van der Waals surface area contributed by atoms with E-state index in [9.17, 15) is 20.1 Å². The molecule has 0 aliphatic carbocycles. The van der Waals surface area contributed by atoms with Crippen LogP contribution in [-0.2, 0) is 9.53 Å². The molecule has 2 aromatic rings. The first-order valence-electron chi connectivity index (χ1n) is 8.51. The Bertz CT molecular complexity index is 971. The van der Waals surface area contributed by atoms with E-state index in [4.69, 9.17) is 14.2 Å². The average molecular weight is 398 g/mol. The molecule has 2 aromatic carbocycles. The number of phenolic OH excluding ortho intramolecular Hbond substituents is 2. The Labute approximate surface area is 168 Å². The van der Waals surface area contributed by atoms with Crippen LogP contribution in [0.25, 0.3) is 12.2 Å². The third-order valence-corrected chi connectivity index (χ3v) is 3.93. The number of carbonyl (C=O) groups is 1. The lowest BCUT2D eigenvalue weighted by Gasteiger charge is -2.05. The standard InChI is InChI=1S/C22H22O7/c1-27-20-12-14(4-8-16(20)23)6-10-18(25)22(29-3)19(26)11-7-15-5-9-17(24)21(13-15)28-2/h4-13,23-25H,1-3H3/b10-6+,11-7+,22-18+. The summed E-state index contributed by atoms with van der Waals surface area (Å²) in [5.41, 5.74) is 1.26. The minimum absolute atomic E-state index is 0.00632. The third kappa shape index (κ3) is 5.55. The Balaban J connectivity index is 2.21. The van der Waals surface area contributed by atoms with Crippen molar-refractivity contribution in [3.8, 4) is 23.0 Å². The van der Waals surface area contributed by atoms with Crippen molar-refractivity contribution in [2.24, 2.45) is 0 Å². The first-order valence-corrected chi connectivity index (χ1v) is 8.51. The summed E-state index contributed by atoms with van der Waals surface area (Å²) in [5.74, 6) is -0.616. The second-order valence-corrected chi connectivity index (χ2v) is 5.81. The Kier molecular flexibility index (Phi) is 7.31. The molecule has 0 aliphatic rings. The van der Waals surface area contributed by atoms with Crippen LogP contribution in [0.15, 0.2) is 60.1 Å². The number of benzene rings is 2. The number of allylic oxidation sites excluding steroid dienone is 2. The van der Waals surface area contributed by atoms with Crippen molar-refractivity contribution in [3.05, 3.63) is 71.2 Å². The van der Waals surface area contributed by atoms with Crippen LogP contribution in [0, 0.1) is 0 Å². The number of aromatic hydroxyl groups is 2. The number of phenols is 2. The van der Waals surface area contributed by atoms with Gasteiger partial charge in [0.05, 0.1) is 21.3 Å². The smallest absolute Gasteiger partial charge is 0.224 e. The number of rotatable bonds is 8. The molecule has 2 rings (SSSR count). The second kappa shape index (κ2) is 9.89. The van der Waals surface area contributed by atoms with Gasteiger partial charge >= 0.3 is 0 Å². The zero-order valence-electron chi connectivity index (χ0n) is 16.2. The van der Waals surface area contributed by atoms with Gasteiger partial charge in [0.25, 0.3) is 0 Å². The van der Waals surface area contributed by atoms with Crippen LogP contribution in [0.5, 0.6) is 23.0 Å². The van der Waals surface area contributed by atoms with E-state index < -0.39 is 5.78 Å². The summed E-state index contributed by atoms with van der Waals surface area (Å²) < 4.78 is 15.1. The van der Waals surface area contributed by atoms with Gasteiger partial charge < -0.3 is 29.5 Å². The van der Waals surface area contributed by atoms with Gasteiger partial charge in [-0.15, -0.1) is 0 Å². The largest absolute Gasteiger partial charge is 0.504 e. The summed E-state index contributed by atoms with van der Waals surface area (Å²) >= 11 is 0. The Hall–Kier alpha value is -3.87. The molecule has 0 fully saturated rings. The molecule has 0 saturated heterocycles. The van der Waals surface area contributed by atoms with Crippen LogP contribution in [0.1, 0.15) is 11.1 Å². The van der Waals surface area contributed by atoms with Gasteiger partial charge in [0.15, 0.2) is 28.8 Å². The van der Waals surface area contributed by atoms with E-state index in [1.54, 1.807) is 24.3 Å². The molecule has 0 atom stereocenters. The van der Waals surface area contributed by atoms with E-state index in [0.29, 0.717) is 11.1 Å². The van der Waals surface area contributed by atoms with Crippen molar-refractivity contribution in [1.29, 1.82) is 0 Å². The molecule has 0 unspecified atom stereocenters. The minimum atomic E-state index is -0.551. The fraction of sp³-hybridized carbons (Fsp3) is 0.136. The highest BCUT2D eigenvalue weighted by Gasteiger charge is 2.12. The summed E-state index contributed by atoms with van der Waals surface area (Å²) in [6, 6.07) is 9.27. The molecule has 0 amide bonds. The Morgan fingerprint density at radius 3 is 1.76 bits per heavy atom. The monoisotopic (exact) mass is 398 g/mol. The molecule has 0 heterocycles. The summed E-state index contributed by atoms with van der Waals surface area (Å²) in [4.78, 5) is 12.4. The number of methoxy groups -OCH3 is 3. The Morgan fingerprint density at radius 2 is 1.31 bits per heavy atom. The topological polar surface area (TPSA) is 105 Å². The normalized spacial score (nSPS) is 12.1. The zero-order chi connectivity index (χ0) is 21.4. The van der Waals surface area contributed by atoms with Gasteiger partial charge in [-0.1, -0.05) is 24.3 Å². The number of hydrogen-bond acceptors (Lipinski definition) is 7. The highest BCUT2D eigenvalue weighted by molar-refractivity contribution is 6.05. The maximum absolute atomic E-state index is 12.4. The van der Waals surface area contributed by atoms with Gasteiger partial charge in [-0.2, -0.15) is 0 Å². The third-order valence-electron chi connectivity index (χ3n) is 3.93. The molecule has 0 bridgehead atoms. The lowest BCUT2D eigenvalue weighted by molar-refractivity contribution is -0.114. The van der Waals surface area contributed by atoms with Crippen LogP contribution in [-0.4, -0.2) is 42.4 Å². The van der Waals surface area contributed by atoms with E-state index >= 15 is 0 Å². The molecule has 152 valence electrons. The minimum Gasteiger partial charge on any atom is -0.504 e. The van der Waals surface area contributed by atoms with Gasteiger partial charge in [-0.25, -0.2) is 0 Å². The van der Waals surface area contributed by atoms with E-state index in [1.807, 2.05) is 0 Å². The van der Waals surface area contributed by atoms with Gasteiger partial charge in [0, 0.05) is 0 Å². The molecular formula is C22H22O7. The predicted molar refractivity (Wildman–Crippen MR) is 109 cm³/mol. The molecule has 3 N–H and O–H groups in total. The van der Waals surface area contributed by atoms with E-state index in [-0.39, 0.29) is 34.5 Å². The highest BCUT2D eigenvalue weighted by atomic mass is 16.5. The fourth-order valence-corrected chi connectivity index (χ4v) is 2.43. The van der Waals surface area contributed by atoms with Crippen LogP contribution in [0.4, 0.5) is 0 Å². The number of aliphatic hydroxyl groups excluding tert-OH is 1. The van der Waals surface area contributed by atoms with Gasteiger partial charge in [-0.3, -0.25) is 4.79 Å². The number of ketones is 1. The zero-order valence-corrected chi connectivity index (χ0v) is 16.2. The number of carbonyl (C=O) groups excluding carboxylic acids is 1. The van der Waals surface area contributed by atoms with Gasteiger partial charge in [0.1, 0.15) is 0 Å². The summed E-state index contributed by atoms with van der Waals surface area (Å²) in [6.07, 6.45) is 5.58. The SMILES string of the molecule is CO/C(C(=O)/C=C/c1ccc(O)c(OC)c1)=C(O)\C=C\c1ccc(O)c(OC)c1. The lowest BCUT2D eigenvalue weighted by Crippen LogP contribution is -2.04. The molecule has 0 radical (unpaired) electrons. The summed E-state index contributed by atoms with van der Waals surface area (Å²) in [7, 11) is 4.13. The summed E-state index contributed by atoms with van der Waals surface area (Å²) in [6.45, 7) is 0.